The van der Waals surface area contributed by atoms with Crippen LogP contribution in [0.2, 0.25) is 0 Å². The van der Waals surface area contributed by atoms with E-state index in [9.17, 15) is 4.79 Å². The van der Waals surface area contributed by atoms with Gasteiger partial charge in [0.15, 0.2) is 5.69 Å². The van der Waals surface area contributed by atoms with Crippen LogP contribution < -0.4 is 5.32 Å². The molecule has 0 unspecified atom stereocenters. The maximum Gasteiger partial charge on any atom is 0.274 e. The number of carbonyl (C=O) groups excluding carboxylic acids is 1. The van der Waals surface area contributed by atoms with Gasteiger partial charge < -0.3 is 15.3 Å². The molecule has 104 valence electrons. The van der Waals surface area contributed by atoms with Crippen LogP contribution in [0.3, 0.4) is 0 Å². The lowest BCUT2D eigenvalue weighted by Crippen LogP contribution is -2.46. The number of anilines is 1. The number of nitrogens with one attached hydrogen (secondary N) is 1. The van der Waals surface area contributed by atoms with Crippen LogP contribution >= 0.6 is 0 Å². The van der Waals surface area contributed by atoms with Crippen molar-refractivity contribution in [1.29, 1.82) is 0 Å². The van der Waals surface area contributed by atoms with Crippen LogP contribution in [-0.2, 0) is 0 Å². The number of rotatable bonds is 6. The predicted octanol–water partition coefficient (Wildman–Crippen LogP) is 0.895. The maximum absolute atomic E-state index is 12.3. The first kappa shape index (κ1) is 13.7. The minimum atomic E-state index is -0.144. The fourth-order valence-corrected chi connectivity index (χ4v) is 2.12. The highest BCUT2D eigenvalue weighted by atomic mass is 16.3. The molecule has 1 amide bonds. The Morgan fingerprint density at radius 3 is 2.74 bits per heavy atom. The summed E-state index contributed by atoms with van der Waals surface area (Å²) < 4.78 is 0. The maximum atomic E-state index is 12.3. The molecule has 0 aromatic carbocycles. The second-order valence-electron chi connectivity index (χ2n) is 4.64. The van der Waals surface area contributed by atoms with Crippen LogP contribution in [0.25, 0.3) is 0 Å². The van der Waals surface area contributed by atoms with E-state index in [2.05, 4.69) is 15.5 Å². The van der Waals surface area contributed by atoms with Crippen LogP contribution in [0.15, 0.2) is 12.1 Å². The van der Waals surface area contributed by atoms with Gasteiger partial charge in [-0.25, -0.2) is 0 Å². The molecule has 1 heterocycles. The number of nitrogens with zero attached hydrogens (tertiary/aromatic N) is 3. The van der Waals surface area contributed by atoms with E-state index in [1.165, 1.54) is 0 Å². The van der Waals surface area contributed by atoms with Gasteiger partial charge >= 0.3 is 0 Å². The Morgan fingerprint density at radius 1 is 1.47 bits per heavy atom. The van der Waals surface area contributed by atoms with Gasteiger partial charge in [0.1, 0.15) is 5.82 Å². The highest BCUT2D eigenvalue weighted by molar-refractivity contribution is 5.92. The Balaban J connectivity index is 2.07. The van der Waals surface area contributed by atoms with Gasteiger partial charge in [0, 0.05) is 19.1 Å². The summed E-state index contributed by atoms with van der Waals surface area (Å²) in [5, 5.41) is 20.0. The molecule has 1 fully saturated rings. The van der Waals surface area contributed by atoms with E-state index >= 15 is 0 Å². The first-order chi connectivity index (χ1) is 9.26. The lowest BCUT2D eigenvalue weighted by molar-refractivity contribution is 0.0519. The molecule has 0 spiro atoms. The zero-order chi connectivity index (χ0) is 13.7. The van der Waals surface area contributed by atoms with Gasteiger partial charge in [-0.05, 0) is 38.3 Å². The second-order valence-corrected chi connectivity index (χ2v) is 4.64. The standard InChI is InChI=1S/C13H20N4O2/c1-2-14-12-7-6-11(15-16-12)13(19)17(8-9-18)10-4-3-5-10/h6-7,10,18H,2-5,8-9H2,1H3,(H,14,16). The Kier molecular flexibility index (Phi) is 4.68. The van der Waals surface area contributed by atoms with E-state index in [0.29, 0.717) is 18.1 Å². The molecule has 1 saturated carbocycles. The molecule has 1 aromatic rings. The smallest absolute Gasteiger partial charge is 0.274 e. The lowest BCUT2D eigenvalue weighted by Gasteiger charge is -2.36. The minimum Gasteiger partial charge on any atom is -0.395 e. The van der Waals surface area contributed by atoms with E-state index < -0.39 is 0 Å². The summed E-state index contributed by atoms with van der Waals surface area (Å²) >= 11 is 0. The van der Waals surface area contributed by atoms with Crippen LogP contribution in [0.5, 0.6) is 0 Å². The van der Waals surface area contributed by atoms with Gasteiger partial charge in [-0.1, -0.05) is 0 Å². The van der Waals surface area contributed by atoms with Crippen molar-refractivity contribution in [3.63, 3.8) is 0 Å². The molecule has 19 heavy (non-hydrogen) atoms. The molecule has 1 aliphatic carbocycles. The summed E-state index contributed by atoms with van der Waals surface area (Å²) in [4.78, 5) is 14.0. The van der Waals surface area contributed by atoms with Crippen molar-refractivity contribution in [3.05, 3.63) is 17.8 Å². The van der Waals surface area contributed by atoms with Crippen molar-refractivity contribution < 1.29 is 9.90 Å². The highest BCUT2D eigenvalue weighted by Gasteiger charge is 2.29. The molecule has 6 nitrogen and oxygen atoms in total. The minimum absolute atomic E-state index is 0.0227. The third kappa shape index (κ3) is 3.20. The molecule has 0 atom stereocenters. The highest BCUT2D eigenvalue weighted by Crippen LogP contribution is 2.25. The van der Waals surface area contributed by atoms with Gasteiger partial charge in [-0.15, -0.1) is 10.2 Å². The van der Waals surface area contributed by atoms with E-state index in [1.54, 1.807) is 17.0 Å². The van der Waals surface area contributed by atoms with Crippen molar-refractivity contribution in [2.45, 2.75) is 32.2 Å². The molecule has 2 rings (SSSR count). The summed E-state index contributed by atoms with van der Waals surface area (Å²) in [7, 11) is 0. The molecule has 0 aliphatic heterocycles. The average molecular weight is 264 g/mol. The quantitative estimate of drug-likeness (QED) is 0.798. The Labute approximate surface area is 112 Å². The molecule has 0 saturated heterocycles. The number of hydrogen-bond donors (Lipinski definition) is 2. The zero-order valence-electron chi connectivity index (χ0n) is 11.2. The third-order valence-electron chi connectivity index (χ3n) is 3.36. The Hall–Kier alpha value is -1.69. The van der Waals surface area contributed by atoms with Crippen molar-refractivity contribution in [1.82, 2.24) is 15.1 Å². The monoisotopic (exact) mass is 264 g/mol. The van der Waals surface area contributed by atoms with E-state index in [4.69, 9.17) is 5.11 Å². The molecule has 6 heteroatoms. The SMILES string of the molecule is CCNc1ccc(C(=O)N(CCO)C2CCC2)nn1. The second kappa shape index (κ2) is 6.47. The van der Waals surface area contributed by atoms with Crippen molar-refractivity contribution >= 4 is 11.7 Å². The van der Waals surface area contributed by atoms with Crippen molar-refractivity contribution in [2.75, 3.05) is 25.0 Å². The van der Waals surface area contributed by atoms with Crippen LogP contribution in [0.4, 0.5) is 5.82 Å². The topological polar surface area (TPSA) is 78.4 Å². The van der Waals surface area contributed by atoms with Crippen LogP contribution in [-0.4, -0.2) is 51.8 Å². The van der Waals surface area contributed by atoms with Gasteiger partial charge in [0.05, 0.1) is 6.61 Å². The van der Waals surface area contributed by atoms with Crippen LogP contribution in [0.1, 0.15) is 36.7 Å². The van der Waals surface area contributed by atoms with Crippen molar-refractivity contribution in [2.24, 2.45) is 0 Å². The lowest BCUT2D eigenvalue weighted by atomic mass is 9.91. The summed E-state index contributed by atoms with van der Waals surface area (Å²) in [5.74, 6) is 0.519. The average Bonchev–Trinajstić information content (AvgIpc) is 2.37. The summed E-state index contributed by atoms with van der Waals surface area (Å²) in [5.41, 5.74) is 0.335. The van der Waals surface area contributed by atoms with Crippen LogP contribution in [0, 0.1) is 0 Å². The molecule has 2 N–H and O–H groups in total. The fourth-order valence-electron chi connectivity index (χ4n) is 2.12. The molecular weight excluding hydrogens is 244 g/mol. The van der Waals surface area contributed by atoms with Crippen molar-refractivity contribution in [3.8, 4) is 0 Å². The first-order valence-corrected chi connectivity index (χ1v) is 6.75. The molecule has 1 aromatic heterocycles. The van der Waals surface area contributed by atoms with Gasteiger partial charge in [0.25, 0.3) is 5.91 Å². The van der Waals surface area contributed by atoms with E-state index in [1.807, 2.05) is 6.92 Å². The fraction of sp³-hybridized carbons (Fsp3) is 0.615. The molecular formula is C13H20N4O2. The number of aromatic nitrogens is 2. The Bertz CT molecular complexity index is 417. The molecule has 0 radical (unpaired) electrons. The number of aliphatic hydroxyl groups excluding tert-OH is 1. The first-order valence-electron chi connectivity index (χ1n) is 6.75. The van der Waals surface area contributed by atoms with E-state index in [0.717, 1.165) is 25.8 Å². The normalized spacial score (nSPS) is 14.8. The molecule has 1 aliphatic rings. The Morgan fingerprint density at radius 2 is 2.26 bits per heavy atom. The number of carbonyl (C=O) groups is 1. The third-order valence-corrected chi connectivity index (χ3v) is 3.36. The van der Waals surface area contributed by atoms with E-state index in [-0.39, 0.29) is 18.6 Å². The summed E-state index contributed by atoms with van der Waals surface area (Å²) in [6, 6.07) is 3.67. The summed E-state index contributed by atoms with van der Waals surface area (Å²) in [6.07, 6.45) is 3.16. The van der Waals surface area contributed by atoms with Gasteiger partial charge in [-0.2, -0.15) is 0 Å². The number of amides is 1. The molecule has 0 bridgehead atoms. The largest absolute Gasteiger partial charge is 0.395 e. The zero-order valence-corrected chi connectivity index (χ0v) is 11.2. The predicted molar refractivity (Wildman–Crippen MR) is 72.0 cm³/mol. The van der Waals surface area contributed by atoms with Gasteiger partial charge in [-0.3, -0.25) is 4.79 Å². The number of aliphatic hydroxyl groups is 1. The number of hydrogen-bond acceptors (Lipinski definition) is 5. The van der Waals surface area contributed by atoms with Gasteiger partial charge in [0.2, 0.25) is 0 Å². The summed E-state index contributed by atoms with van der Waals surface area (Å²) in [6.45, 7) is 3.08.